The first kappa shape index (κ1) is 20.6. The molecule has 0 radical (unpaired) electrons. The van der Waals surface area contributed by atoms with Crippen LogP contribution in [0.3, 0.4) is 0 Å². The summed E-state index contributed by atoms with van der Waals surface area (Å²) < 4.78 is 5.33. The highest BCUT2D eigenvalue weighted by Gasteiger charge is 2.18. The van der Waals surface area contributed by atoms with Crippen LogP contribution >= 0.6 is 11.6 Å². The molecule has 0 aliphatic heterocycles. The molecule has 2 aromatic heterocycles. The molecule has 0 atom stereocenters. The van der Waals surface area contributed by atoms with Gasteiger partial charge in [-0.25, -0.2) is 14.8 Å². The normalized spacial score (nSPS) is 11.4. The zero-order valence-corrected chi connectivity index (χ0v) is 18.0. The van der Waals surface area contributed by atoms with Gasteiger partial charge in [-0.05, 0) is 51.1 Å². The quantitative estimate of drug-likeness (QED) is 0.375. The minimum Gasteiger partial charge on any atom is -0.444 e. The lowest BCUT2D eigenvalue weighted by molar-refractivity contribution is 0.0636. The van der Waals surface area contributed by atoms with Crippen molar-refractivity contribution in [1.29, 1.82) is 0 Å². The Morgan fingerprint density at radius 3 is 2.61 bits per heavy atom. The molecule has 4 aromatic rings. The Hall–Kier alpha value is -3.65. The molecule has 3 N–H and O–H groups in total. The van der Waals surface area contributed by atoms with Gasteiger partial charge in [-0.2, -0.15) is 5.10 Å². The van der Waals surface area contributed by atoms with E-state index in [0.717, 1.165) is 16.6 Å². The molecule has 0 fully saturated rings. The fraction of sp³-hybridized carbons (Fsp3) is 0.182. The van der Waals surface area contributed by atoms with Gasteiger partial charge in [0.2, 0.25) is 0 Å². The van der Waals surface area contributed by atoms with E-state index in [4.69, 9.17) is 16.3 Å². The van der Waals surface area contributed by atoms with E-state index >= 15 is 0 Å². The van der Waals surface area contributed by atoms with Crippen LogP contribution in [0, 0.1) is 0 Å². The van der Waals surface area contributed by atoms with Crippen LogP contribution in [0.1, 0.15) is 20.8 Å². The van der Waals surface area contributed by atoms with Gasteiger partial charge in [-0.1, -0.05) is 29.8 Å². The van der Waals surface area contributed by atoms with Crippen LogP contribution in [0.2, 0.25) is 5.02 Å². The van der Waals surface area contributed by atoms with E-state index in [2.05, 4.69) is 30.8 Å². The average Bonchev–Trinajstić information content (AvgIpc) is 3.12. The van der Waals surface area contributed by atoms with Gasteiger partial charge in [0.25, 0.3) is 0 Å². The second-order valence-electron chi connectivity index (χ2n) is 7.86. The lowest BCUT2D eigenvalue weighted by atomic mass is 10.1. The van der Waals surface area contributed by atoms with Crippen LogP contribution in [0.5, 0.6) is 0 Å². The smallest absolute Gasteiger partial charge is 0.412 e. The predicted octanol–water partition coefficient (Wildman–Crippen LogP) is 5.76. The molecule has 31 heavy (non-hydrogen) atoms. The third-order valence-corrected chi connectivity index (χ3v) is 4.47. The van der Waals surface area contributed by atoms with E-state index in [1.807, 2.05) is 51.1 Å². The van der Waals surface area contributed by atoms with Gasteiger partial charge in [0.15, 0.2) is 5.65 Å². The van der Waals surface area contributed by atoms with Crippen molar-refractivity contribution in [2.24, 2.45) is 0 Å². The topological polar surface area (TPSA) is 105 Å². The highest BCUT2D eigenvalue weighted by atomic mass is 35.5. The zero-order chi connectivity index (χ0) is 22.0. The number of aromatic amines is 1. The van der Waals surface area contributed by atoms with Gasteiger partial charge in [-0.15, -0.1) is 0 Å². The average molecular weight is 437 g/mol. The molecule has 0 unspecified atom stereocenters. The van der Waals surface area contributed by atoms with Gasteiger partial charge >= 0.3 is 6.09 Å². The highest BCUT2D eigenvalue weighted by molar-refractivity contribution is 6.30. The van der Waals surface area contributed by atoms with Crippen LogP contribution < -0.4 is 10.6 Å². The lowest BCUT2D eigenvalue weighted by Crippen LogP contribution is -2.27. The zero-order valence-electron chi connectivity index (χ0n) is 17.2. The summed E-state index contributed by atoms with van der Waals surface area (Å²) in [6.07, 6.45) is 0.922. The minimum atomic E-state index is -0.584. The fourth-order valence-electron chi connectivity index (χ4n) is 3.04. The fourth-order valence-corrected chi connectivity index (χ4v) is 3.23. The number of H-pyrrole nitrogens is 1. The van der Waals surface area contributed by atoms with E-state index in [1.165, 1.54) is 6.33 Å². The van der Waals surface area contributed by atoms with Gasteiger partial charge in [0, 0.05) is 22.0 Å². The van der Waals surface area contributed by atoms with Crippen molar-refractivity contribution in [3.05, 3.63) is 59.9 Å². The minimum absolute atomic E-state index is 0.514. The van der Waals surface area contributed by atoms with Crippen molar-refractivity contribution < 1.29 is 9.53 Å². The summed E-state index contributed by atoms with van der Waals surface area (Å²) in [5, 5.41) is 14.7. The van der Waals surface area contributed by atoms with E-state index in [-0.39, 0.29) is 0 Å². The number of carbonyl (C=O) groups excluding carboxylic acids is 1. The largest absolute Gasteiger partial charge is 0.444 e. The van der Waals surface area contributed by atoms with Gasteiger partial charge in [0.05, 0.1) is 11.1 Å². The van der Waals surface area contributed by atoms with Crippen LogP contribution in [-0.2, 0) is 4.74 Å². The summed E-state index contributed by atoms with van der Waals surface area (Å²) >= 11 is 6.10. The summed E-state index contributed by atoms with van der Waals surface area (Å²) in [5.74, 6) is 0.585. The molecule has 0 spiro atoms. The van der Waals surface area contributed by atoms with Crippen LogP contribution in [-0.4, -0.2) is 31.9 Å². The molecule has 0 aliphatic rings. The molecule has 9 heteroatoms. The molecular weight excluding hydrogens is 416 g/mol. The molecule has 0 saturated carbocycles. The standard InChI is InChI=1S/C22H21ClN6O2/c1-22(2,3)31-21(30)27-15-8-4-6-13(10-15)18-17-19(24-12-25-20(17)29-28-18)26-16-9-5-7-14(23)11-16/h4-12H,1-3H3,(H,27,30)(H2,24,25,26,28,29). The molecule has 2 heterocycles. The molecular formula is C22H21ClN6O2. The Labute approximate surface area is 184 Å². The number of amides is 1. The maximum absolute atomic E-state index is 12.1. The molecule has 0 saturated heterocycles. The summed E-state index contributed by atoms with van der Waals surface area (Å²) in [7, 11) is 0. The Morgan fingerprint density at radius 1 is 1.06 bits per heavy atom. The van der Waals surface area contributed by atoms with Gasteiger partial charge in [-0.3, -0.25) is 10.4 Å². The van der Waals surface area contributed by atoms with E-state index < -0.39 is 11.7 Å². The Morgan fingerprint density at radius 2 is 1.84 bits per heavy atom. The van der Waals surface area contributed by atoms with Crippen molar-refractivity contribution in [3.8, 4) is 11.3 Å². The van der Waals surface area contributed by atoms with Crippen molar-refractivity contribution >= 4 is 45.9 Å². The van der Waals surface area contributed by atoms with Gasteiger partial charge in [0.1, 0.15) is 17.7 Å². The Balaban J connectivity index is 1.68. The number of hydrogen-bond acceptors (Lipinski definition) is 6. The van der Waals surface area contributed by atoms with Crippen LogP contribution in [0.4, 0.5) is 22.0 Å². The molecule has 0 bridgehead atoms. The molecule has 0 aliphatic carbocycles. The number of nitrogens with zero attached hydrogens (tertiary/aromatic N) is 3. The predicted molar refractivity (Wildman–Crippen MR) is 122 cm³/mol. The van der Waals surface area contributed by atoms with Gasteiger partial charge < -0.3 is 10.1 Å². The number of hydrogen-bond donors (Lipinski definition) is 3. The van der Waals surface area contributed by atoms with Crippen molar-refractivity contribution in [1.82, 2.24) is 20.2 Å². The van der Waals surface area contributed by atoms with E-state index in [9.17, 15) is 4.79 Å². The third kappa shape index (κ3) is 4.92. The molecule has 2 aromatic carbocycles. The van der Waals surface area contributed by atoms with Crippen LogP contribution in [0.15, 0.2) is 54.9 Å². The molecule has 1 amide bonds. The molecule has 4 rings (SSSR count). The van der Waals surface area contributed by atoms with E-state index in [0.29, 0.717) is 27.9 Å². The maximum atomic E-state index is 12.1. The Bertz CT molecular complexity index is 1250. The summed E-state index contributed by atoms with van der Waals surface area (Å²) in [5.41, 5.74) is 2.84. The number of halogens is 1. The number of fused-ring (bicyclic) bond motifs is 1. The number of carbonyl (C=O) groups is 1. The first-order valence-electron chi connectivity index (χ1n) is 9.60. The van der Waals surface area contributed by atoms with Crippen molar-refractivity contribution in [3.63, 3.8) is 0 Å². The second kappa shape index (κ2) is 8.23. The molecule has 158 valence electrons. The first-order chi connectivity index (χ1) is 14.8. The lowest BCUT2D eigenvalue weighted by Gasteiger charge is -2.19. The maximum Gasteiger partial charge on any atom is 0.412 e. The Kier molecular flexibility index (Phi) is 5.48. The highest BCUT2D eigenvalue weighted by Crippen LogP contribution is 2.32. The summed E-state index contributed by atoms with van der Waals surface area (Å²) in [6.45, 7) is 5.44. The summed E-state index contributed by atoms with van der Waals surface area (Å²) in [4.78, 5) is 20.8. The number of nitrogens with one attached hydrogen (secondary N) is 3. The number of benzene rings is 2. The number of ether oxygens (including phenoxy) is 1. The number of aromatic nitrogens is 4. The second-order valence-corrected chi connectivity index (χ2v) is 8.30. The first-order valence-corrected chi connectivity index (χ1v) is 9.98. The number of rotatable bonds is 4. The van der Waals surface area contributed by atoms with Crippen molar-refractivity contribution in [2.75, 3.05) is 10.6 Å². The van der Waals surface area contributed by atoms with Crippen LogP contribution in [0.25, 0.3) is 22.3 Å². The monoisotopic (exact) mass is 436 g/mol. The SMILES string of the molecule is CC(C)(C)OC(=O)Nc1cccc(-c2[nH]nc3ncnc(Nc4cccc(Cl)c4)c23)c1. The summed E-state index contributed by atoms with van der Waals surface area (Å²) in [6, 6.07) is 14.7. The van der Waals surface area contributed by atoms with Crippen molar-refractivity contribution in [2.45, 2.75) is 26.4 Å². The van der Waals surface area contributed by atoms with E-state index in [1.54, 1.807) is 18.2 Å². The third-order valence-electron chi connectivity index (χ3n) is 4.23. The molecule has 8 nitrogen and oxygen atoms in total. The number of anilines is 3.